The molecule has 7 heteroatoms. The molecule has 4 fully saturated rings. The van der Waals surface area contributed by atoms with Crippen LogP contribution in [0.4, 0.5) is 0 Å². The second kappa shape index (κ2) is 7.35. The van der Waals surface area contributed by atoms with Crippen molar-refractivity contribution >= 4 is 5.97 Å². The first kappa shape index (κ1) is 18.5. The van der Waals surface area contributed by atoms with E-state index in [-0.39, 0.29) is 18.5 Å². The Labute approximate surface area is 169 Å². The van der Waals surface area contributed by atoms with Gasteiger partial charge in [0.05, 0.1) is 20.1 Å². The van der Waals surface area contributed by atoms with E-state index >= 15 is 0 Å². The van der Waals surface area contributed by atoms with Crippen molar-refractivity contribution in [2.45, 2.75) is 38.7 Å². The number of aromatic nitrogens is 2. The molecule has 4 saturated carbocycles. The summed E-state index contributed by atoms with van der Waals surface area (Å²) in [6.07, 6.45) is 6.14. The number of hydrogen-bond donors (Lipinski definition) is 0. The Hall–Kier alpha value is -2.57. The van der Waals surface area contributed by atoms with Crippen molar-refractivity contribution in [1.82, 2.24) is 10.1 Å². The second-order valence-corrected chi connectivity index (χ2v) is 8.65. The van der Waals surface area contributed by atoms with E-state index in [1.807, 2.05) is 6.07 Å². The molecule has 0 spiro atoms. The van der Waals surface area contributed by atoms with Gasteiger partial charge in [-0.3, -0.25) is 4.79 Å². The number of carbonyl (C=O) groups is 1. The molecule has 4 aliphatic rings. The minimum atomic E-state index is -0.0929. The zero-order valence-corrected chi connectivity index (χ0v) is 16.8. The predicted octanol–water partition coefficient (Wildman–Crippen LogP) is 3.87. The van der Waals surface area contributed by atoms with Gasteiger partial charge in [-0.25, -0.2) is 0 Å². The van der Waals surface area contributed by atoms with E-state index in [0.29, 0.717) is 35.0 Å². The van der Waals surface area contributed by atoms with Crippen molar-refractivity contribution in [3.05, 3.63) is 24.1 Å². The molecular weight excluding hydrogens is 372 g/mol. The third-order valence-electron chi connectivity index (χ3n) is 6.95. The molecule has 1 aromatic heterocycles. The standard InChI is InChI=1S/C22H26N2O5/c1-26-17-4-3-14(10-18(17)27-2)21-23-19(29-24-21)11-28-22(25)20-15-6-12-5-13(8-15)9-16(20)7-12/h3-4,10,12-13,15-16,20H,5-9,11H2,1-2H3. The number of carbonyl (C=O) groups excluding carboxylic acids is 1. The van der Waals surface area contributed by atoms with Gasteiger partial charge in [-0.15, -0.1) is 0 Å². The van der Waals surface area contributed by atoms with Gasteiger partial charge in [0, 0.05) is 5.56 Å². The number of rotatable bonds is 6. The van der Waals surface area contributed by atoms with Gasteiger partial charge < -0.3 is 18.7 Å². The summed E-state index contributed by atoms with van der Waals surface area (Å²) < 4.78 is 21.5. The van der Waals surface area contributed by atoms with Crippen molar-refractivity contribution in [2.24, 2.45) is 29.6 Å². The number of nitrogens with zero attached hydrogens (tertiary/aromatic N) is 2. The summed E-state index contributed by atoms with van der Waals surface area (Å²) in [7, 11) is 3.16. The lowest BCUT2D eigenvalue weighted by molar-refractivity contribution is -0.164. The normalized spacial score (nSPS) is 29.7. The number of hydrogen-bond acceptors (Lipinski definition) is 7. The molecule has 4 bridgehead atoms. The Morgan fingerprint density at radius 2 is 1.72 bits per heavy atom. The average molecular weight is 398 g/mol. The van der Waals surface area contributed by atoms with Gasteiger partial charge in [0.25, 0.3) is 5.89 Å². The molecule has 29 heavy (non-hydrogen) atoms. The fourth-order valence-corrected chi connectivity index (χ4v) is 5.95. The number of benzene rings is 1. The first-order chi connectivity index (χ1) is 14.1. The molecule has 0 saturated heterocycles. The highest BCUT2D eigenvalue weighted by molar-refractivity contribution is 5.73. The van der Waals surface area contributed by atoms with E-state index in [1.165, 1.54) is 32.1 Å². The lowest BCUT2D eigenvalue weighted by Gasteiger charge is -2.53. The monoisotopic (exact) mass is 398 g/mol. The summed E-state index contributed by atoms with van der Waals surface area (Å²) in [5.74, 6) is 4.57. The maximum atomic E-state index is 12.8. The summed E-state index contributed by atoms with van der Waals surface area (Å²) in [5.41, 5.74) is 0.741. The lowest BCUT2D eigenvalue weighted by Crippen LogP contribution is -2.48. The highest BCUT2D eigenvalue weighted by Gasteiger charge is 2.51. The molecule has 6 rings (SSSR count). The second-order valence-electron chi connectivity index (χ2n) is 8.65. The maximum Gasteiger partial charge on any atom is 0.310 e. The molecule has 7 nitrogen and oxygen atoms in total. The predicted molar refractivity (Wildman–Crippen MR) is 103 cm³/mol. The van der Waals surface area contributed by atoms with Crippen LogP contribution in [0, 0.1) is 29.6 Å². The fraction of sp³-hybridized carbons (Fsp3) is 0.591. The van der Waals surface area contributed by atoms with Crippen LogP contribution in [0.15, 0.2) is 22.7 Å². The Kier molecular flexibility index (Phi) is 4.68. The first-order valence-electron chi connectivity index (χ1n) is 10.4. The number of methoxy groups -OCH3 is 2. The molecule has 0 unspecified atom stereocenters. The fourth-order valence-electron chi connectivity index (χ4n) is 5.95. The van der Waals surface area contributed by atoms with E-state index in [9.17, 15) is 4.79 Å². The highest BCUT2D eigenvalue weighted by atomic mass is 16.6. The Balaban J connectivity index is 1.24. The summed E-state index contributed by atoms with van der Waals surface area (Å²) in [6, 6.07) is 5.40. The van der Waals surface area contributed by atoms with E-state index < -0.39 is 0 Å². The largest absolute Gasteiger partial charge is 0.493 e. The SMILES string of the molecule is COc1ccc(-c2noc(COC(=O)C3C4CC5CC(C4)CC3C5)n2)cc1OC. The van der Waals surface area contributed by atoms with Gasteiger partial charge in [-0.2, -0.15) is 4.98 Å². The molecule has 2 aromatic rings. The van der Waals surface area contributed by atoms with E-state index in [0.717, 1.165) is 17.4 Å². The molecule has 0 atom stereocenters. The van der Waals surface area contributed by atoms with Crippen molar-refractivity contribution in [3.63, 3.8) is 0 Å². The average Bonchev–Trinajstić information content (AvgIpc) is 3.20. The van der Waals surface area contributed by atoms with Crippen molar-refractivity contribution < 1.29 is 23.5 Å². The molecule has 0 aliphatic heterocycles. The van der Waals surface area contributed by atoms with Gasteiger partial charge in [-0.05, 0) is 74.0 Å². The Morgan fingerprint density at radius 1 is 1.03 bits per heavy atom. The van der Waals surface area contributed by atoms with Crippen LogP contribution in [-0.4, -0.2) is 30.3 Å². The van der Waals surface area contributed by atoms with Crippen molar-refractivity contribution in [3.8, 4) is 22.9 Å². The summed E-state index contributed by atoms with van der Waals surface area (Å²) in [6.45, 7) is 0.0158. The van der Waals surface area contributed by atoms with Crippen LogP contribution in [0.5, 0.6) is 11.5 Å². The quantitative estimate of drug-likeness (QED) is 0.683. The number of esters is 1. The minimum Gasteiger partial charge on any atom is -0.493 e. The van der Waals surface area contributed by atoms with Gasteiger partial charge in [-0.1, -0.05) is 5.16 Å². The third kappa shape index (κ3) is 3.36. The van der Waals surface area contributed by atoms with Gasteiger partial charge >= 0.3 is 5.97 Å². The van der Waals surface area contributed by atoms with Crippen LogP contribution in [-0.2, 0) is 16.1 Å². The Morgan fingerprint density at radius 3 is 2.38 bits per heavy atom. The lowest BCUT2D eigenvalue weighted by atomic mass is 9.52. The summed E-state index contributed by atoms with van der Waals surface area (Å²) in [4.78, 5) is 17.2. The highest BCUT2D eigenvalue weighted by Crippen LogP contribution is 2.56. The molecule has 0 N–H and O–H groups in total. The molecular formula is C22H26N2O5. The maximum absolute atomic E-state index is 12.8. The zero-order valence-electron chi connectivity index (χ0n) is 16.8. The number of ether oxygens (including phenoxy) is 3. The molecule has 1 heterocycles. The Bertz CT molecular complexity index is 880. The van der Waals surface area contributed by atoms with E-state index in [4.69, 9.17) is 18.7 Å². The molecule has 0 amide bonds. The van der Waals surface area contributed by atoms with Crippen molar-refractivity contribution in [1.29, 1.82) is 0 Å². The molecule has 4 aliphatic carbocycles. The van der Waals surface area contributed by atoms with Gasteiger partial charge in [0.15, 0.2) is 18.1 Å². The van der Waals surface area contributed by atoms with Crippen molar-refractivity contribution in [2.75, 3.05) is 14.2 Å². The zero-order chi connectivity index (χ0) is 20.0. The topological polar surface area (TPSA) is 83.7 Å². The van der Waals surface area contributed by atoms with Gasteiger partial charge in [0.2, 0.25) is 5.82 Å². The molecule has 0 radical (unpaired) electrons. The first-order valence-corrected chi connectivity index (χ1v) is 10.4. The van der Waals surface area contributed by atoms with Crippen LogP contribution >= 0.6 is 0 Å². The van der Waals surface area contributed by atoms with Crippen LogP contribution in [0.25, 0.3) is 11.4 Å². The summed E-state index contributed by atoms with van der Waals surface area (Å²) in [5, 5.41) is 4.01. The van der Waals surface area contributed by atoms with Crippen LogP contribution in [0.1, 0.15) is 38.0 Å². The minimum absolute atomic E-state index is 0.0158. The van der Waals surface area contributed by atoms with E-state index in [1.54, 1.807) is 26.4 Å². The third-order valence-corrected chi connectivity index (χ3v) is 6.95. The van der Waals surface area contributed by atoms with E-state index in [2.05, 4.69) is 10.1 Å². The van der Waals surface area contributed by atoms with Crippen LogP contribution in [0.3, 0.4) is 0 Å². The molecule has 154 valence electrons. The molecule has 1 aromatic carbocycles. The summed E-state index contributed by atoms with van der Waals surface area (Å²) >= 11 is 0. The van der Waals surface area contributed by atoms with Crippen LogP contribution in [0.2, 0.25) is 0 Å². The smallest absolute Gasteiger partial charge is 0.310 e. The van der Waals surface area contributed by atoms with Crippen LogP contribution < -0.4 is 9.47 Å². The van der Waals surface area contributed by atoms with Gasteiger partial charge in [0.1, 0.15) is 0 Å².